The minimum Gasteiger partial charge on any atom is -0.370 e. The minimum atomic E-state index is -0.881. The van der Waals surface area contributed by atoms with Crippen LogP contribution in [-0.2, 0) is 14.2 Å². The van der Waals surface area contributed by atoms with E-state index in [0.717, 1.165) is 0 Å². The third-order valence-corrected chi connectivity index (χ3v) is 5.56. The van der Waals surface area contributed by atoms with Gasteiger partial charge in [0.05, 0.1) is 41.7 Å². The molecule has 2 N–H and O–H groups in total. The lowest BCUT2D eigenvalue weighted by molar-refractivity contribution is -0.188. The first-order valence-electron chi connectivity index (χ1n) is 9.87. The van der Waals surface area contributed by atoms with Crippen LogP contribution >= 0.6 is 11.6 Å². The summed E-state index contributed by atoms with van der Waals surface area (Å²) in [5.74, 6) is -1.46. The summed E-state index contributed by atoms with van der Waals surface area (Å²) in [4.78, 5) is 25.0. The van der Waals surface area contributed by atoms with Crippen molar-refractivity contribution in [1.82, 2.24) is 20.8 Å². The number of nitrogens with zero attached hydrogens (tertiary/aromatic N) is 2. The van der Waals surface area contributed by atoms with Gasteiger partial charge in [-0.25, -0.2) is 0 Å². The van der Waals surface area contributed by atoms with E-state index < -0.39 is 23.6 Å². The average molecular weight is 447 g/mol. The lowest BCUT2D eigenvalue weighted by Crippen LogP contribution is -2.52. The number of aromatic nitrogens is 2. The molecule has 2 saturated heterocycles. The Balaban J connectivity index is 1.42. The first-order chi connectivity index (χ1) is 14.8. The molecule has 4 rings (SSSR count). The molecule has 2 amide bonds. The normalized spacial score (nSPS) is 26.3. The van der Waals surface area contributed by atoms with E-state index in [4.69, 9.17) is 25.8 Å². The van der Waals surface area contributed by atoms with Crippen molar-refractivity contribution < 1.29 is 23.8 Å². The van der Waals surface area contributed by atoms with E-state index in [2.05, 4.69) is 20.8 Å². The molecule has 2 aliphatic rings. The number of fused-ring (bicyclic) bond motifs is 1. The van der Waals surface area contributed by atoms with Crippen LogP contribution in [0.3, 0.4) is 0 Å². The smallest absolute Gasteiger partial charge is 0.253 e. The molecule has 0 aliphatic carbocycles. The van der Waals surface area contributed by atoms with Crippen LogP contribution in [0.2, 0.25) is 5.02 Å². The number of amides is 2. The van der Waals surface area contributed by atoms with Gasteiger partial charge in [-0.3, -0.25) is 9.59 Å². The van der Waals surface area contributed by atoms with E-state index in [0.29, 0.717) is 16.1 Å². The van der Waals surface area contributed by atoms with E-state index in [1.54, 1.807) is 44.2 Å². The van der Waals surface area contributed by atoms with Crippen molar-refractivity contribution in [3.63, 3.8) is 0 Å². The highest BCUT2D eigenvalue weighted by Gasteiger charge is 2.61. The number of benzene rings is 1. The Bertz CT molecular complexity index is 973. The number of hydrogen-bond donors (Lipinski definition) is 2. The van der Waals surface area contributed by atoms with Crippen LogP contribution in [0.5, 0.6) is 0 Å². The van der Waals surface area contributed by atoms with Gasteiger partial charge in [-0.05, 0) is 32.0 Å². The topological polar surface area (TPSA) is 112 Å². The summed E-state index contributed by atoms with van der Waals surface area (Å²) < 4.78 is 18.2. The SMILES string of the molecule is CC1(C)O[C@@H]2[C@@H](CNC(=O)c3ccnnc3)OC[C@]2(CNC(=O)c2ccccc2Cl)O1. The van der Waals surface area contributed by atoms with Crippen molar-refractivity contribution in [3.8, 4) is 0 Å². The number of carbonyl (C=O) groups excluding carboxylic acids is 2. The Morgan fingerprint density at radius 2 is 1.97 bits per heavy atom. The Morgan fingerprint density at radius 3 is 2.71 bits per heavy atom. The van der Waals surface area contributed by atoms with Gasteiger partial charge in [0.15, 0.2) is 5.79 Å². The number of nitrogens with one attached hydrogen (secondary N) is 2. The fourth-order valence-corrected chi connectivity index (χ4v) is 4.11. The third kappa shape index (κ3) is 4.54. The Kier molecular flexibility index (Phi) is 5.94. The van der Waals surface area contributed by atoms with Crippen LogP contribution in [0.1, 0.15) is 34.6 Å². The molecule has 0 bridgehead atoms. The van der Waals surface area contributed by atoms with Crippen LogP contribution in [0.15, 0.2) is 42.7 Å². The predicted octanol–water partition coefficient (Wildman–Crippen LogP) is 1.58. The molecule has 1 aromatic carbocycles. The molecule has 164 valence electrons. The second kappa shape index (κ2) is 8.51. The van der Waals surface area contributed by atoms with Crippen molar-refractivity contribution in [2.75, 3.05) is 19.7 Å². The van der Waals surface area contributed by atoms with Crippen molar-refractivity contribution in [1.29, 1.82) is 0 Å². The van der Waals surface area contributed by atoms with Crippen LogP contribution in [0, 0.1) is 0 Å². The largest absolute Gasteiger partial charge is 0.370 e. The highest BCUT2D eigenvalue weighted by Crippen LogP contribution is 2.43. The Hall–Kier alpha value is -2.59. The van der Waals surface area contributed by atoms with E-state index in [1.807, 2.05) is 0 Å². The quantitative estimate of drug-likeness (QED) is 0.692. The Labute approximate surface area is 184 Å². The maximum atomic E-state index is 12.6. The number of halogens is 1. The van der Waals surface area contributed by atoms with Crippen LogP contribution in [0.25, 0.3) is 0 Å². The number of ether oxygens (including phenoxy) is 3. The van der Waals surface area contributed by atoms with Gasteiger partial charge >= 0.3 is 0 Å². The number of hydrogen-bond acceptors (Lipinski definition) is 7. The van der Waals surface area contributed by atoms with Gasteiger partial charge in [0.2, 0.25) is 0 Å². The summed E-state index contributed by atoms with van der Waals surface area (Å²) in [6.07, 6.45) is 1.91. The van der Waals surface area contributed by atoms with Crippen LogP contribution in [0.4, 0.5) is 0 Å². The molecule has 2 fully saturated rings. The standard InChI is InChI=1S/C21H23ClN4O5/c1-20(2)30-17-16(10-23-18(27)13-7-8-25-26-9-13)29-12-21(17,31-20)11-24-19(28)14-5-3-4-6-15(14)22/h3-9,16-17H,10-12H2,1-2H3,(H,23,27)(H,24,28)/t16-,17-,21+/m1/s1. The molecule has 0 radical (unpaired) electrons. The fourth-order valence-electron chi connectivity index (χ4n) is 3.89. The van der Waals surface area contributed by atoms with Gasteiger partial charge in [-0.15, -0.1) is 0 Å². The molecule has 3 heterocycles. The molecule has 1 aromatic heterocycles. The van der Waals surface area contributed by atoms with E-state index in [9.17, 15) is 9.59 Å². The molecular formula is C21H23ClN4O5. The maximum Gasteiger partial charge on any atom is 0.253 e. The highest BCUT2D eigenvalue weighted by atomic mass is 35.5. The molecule has 10 heteroatoms. The Morgan fingerprint density at radius 1 is 1.16 bits per heavy atom. The van der Waals surface area contributed by atoms with Crippen LogP contribution in [-0.4, -0.2) is 65.3 Å². The summed E-state index contributed by atoms with van der Waals surface area (Å²) >= 11 is 6.12. The van der Waals surface area contributed by atoms with E-state index >= 15 is 0 Å². The van der Waals surface area contributed by atoms with Crippen LogP contribution < -0.4 is 10.6 Å². The summed E-state index contributed by atoms with van der Waals surface area (Å²) in [6, 6.07) is 8.39. The second-order valence-corrected chi connectivity index (χ2v) is 8.37. The van der Waals surface area contributed by atoms with Crippen molar-refractivity contribution >= 4 is 23.4 Å². The van der Waals surface area contributed by atoms with Gasteiger partial charge in [0.25, 0.3) is 11.8 Å². The van der Waals surface area contributed by atoms with Gasteiger partial charge in [-0.2, -0.15) is 10.2 Å². The van der Waals surface area contributed by atoms with E-state index in [-0.39, 0.29) is 31.5 Å². The zero-order chi connectivity index (χ0) is 22.1. The molecule has 3 atom stereocenters. The first-order valence-corrected chi connectivity index (χ1v) is 10.2. The van der Waals surface area contributed by atoms with Gasteiger partial charge in [0.1, 0.15) is 17.8 Å². The predicted molar refractivity (Wildman–Crippen MR) is 111 cm³/mol. The molecule has 2 aromatic rings. The number of rotatable bonds is 6. The van der Waals surface area contributed by atoms with Crippen molar-refractivity contribution in [3.05, 3.63) is 58.9 Å². The molecule has 0 saturated carbocycles. The maximum absolute atomic E-state index is 12.6. The zero-order valence-corrected chi connectivity index (χ0v) is 17.9. The lowest BCUT2D eigenvalue weighted by atomic mass is 9.96. The molecule has 9 nitrogen and oxygen atoms in total. The van der Waals surface area contributed by atoms with Crippen molar-refractivity contribution in [2.24, 2.45) is 0 Å². The summed E-state index contributed by atoms with van der Waals surface area (Å²) in [5, 5.41) is 13.4. The zero-order valence-electron chi connectivity index (χ0n) is 17.1. The highest BCUT2D eigenvalue weighted by molar-refractivity contribution is 6.33. The third-order valence-electron chi connectivity index (χ3n) is 5.23. The molecular weight excluding hydrogens is 424 g/mol. The van der Waals surface area contributed by atoms with Gasteiger partial charge < -0.3 is 24.8 Å². The van der Waals surface area contributed by atoms with E-state index in [1.165, 1.54) is 12.4 Å². The fraction of sp³-hybridized carbons (Fsp3) is 0.429. The van der Waals surface area contributed by atoms with Gasteiger partial charge in [-0.1, -0.05) is 23.7 Å². The second-order valence-electron chi connectivity index (χ2n) is 7.96. The van der Waals surface area contributed by atoms with Crippen molar-refractivity contribution in [2.45, 2.75) is 37.4 Å². The molecule has 2 aliphatic heterocycles. The molecule has 31 heavy (non-hydrogen) atoms. The first kappa shape index (κ1) is 21.6. The number of carbonyl (C=O) groups is 2. The summed E-state index contributed by atoms with van der Waals surface area (Å²) in [7, 11) is 0. The summed E-state index contributed by atoms with van der Waals surface area (Å²) in [6.45, 7) is 4.21. The lowest BCUT2D eigenvalue weighted by Gasteiger charge is -2.27. The average Bonchev–Trinajstić information content (AvgIpc) is 3.21. The van der Waals surface area contributed by atoms with Gasteiger partial charge in [0, 0.05) is 6.54 Å². The summed E-state index contributed by atoms with van der Waals surface area (Å²) in [5.41, 5.74) is -0.104. The minimum absolute atomic E-state index is 0.171. The monoisotopic (exact) mass is 446 g/mol. The molecule has 0 unspecified atom stereocenters. The molecule has 0 spiro atoms.